The van der Waals surface area contributed by atoms with E-state index in [9.17, 15) is 0 Å². The molecule has 0 bridgehead atoms. The van der Waals surface area contributed by atoms with Crippen molar-refractivity contribution in [1.82, 2.24) is 10.2 Å². The lowest BCUT2D eigenvalue weighted by Crippen LogP contribution is -2.49. The maximum atomic E-state index is 3.57. The van der Waals surface area contributed by atoms with E-state index in [1.165, 1.54) is 22.1 Å². The van der Waals surface area contributed by atoms with Crippen molar-refractivity contribution in [3.05, 3.63) is 28.2 Å². The summed E-state index contributed by atoms with van der Waals surface area (Å²) in [6.45, 7) is 6.50. The van der Waals surface area contributed by atoms with Crippen LogP contribution in [0.1, 0.15) is 12.0 Å². The third kappa shape index (κ3) is 3.70. The molecular formula is C14H22BrN3. The highest BCUT2D eigenvalue weighted by atomic mass is 79.9. The molecule has 0 radical (unpaired) electrons. The zero-order chi connectivity index (χ0) is 13.0. The number of aryl methyl sites for hydroxylation is 1. The molecule has 1 fully saturated rings. The molecule has 4 heteroatoms. The van der Waals surface area contributed by atoms with E-state index in [-0.39, 0.29) is 0 Å². The minimum absolute atomic E-state index is 0.653. The predicted octanol–water partition coefficient (Wildman–Crippen LogP) is 2.46. The van der Waals surface area contributed by atoms with Crippen LogP contribution in [-0.4, -0.2) is 44.2 Å². The average molecular weight is 312 g/mol. The van der Waals surface area contributed by atoms with Gasteiger partial charge in [0.2, 0.25) is 0 Å². The highest BCUT2D eigenvalue weighted by Crippen LogP contribution is 2.20. The van der Waals surface area contributed by atoms with E-state index < -0.39 is 0 Å². The molecule has 1 unspecified atom stereocenters. The Morgan fingerprint density at radius 2 is 2.33 bits per heavy atom. The van der Waals surface area contributed by atoms with Crippen LogP contribution < -0.4 is 10.6 Å². The lowest BCUT2D eigenvalue weighted by atomic mass is 10.1. The third-order valence-electron chi connectivity index (χ3n) is 3.62. The Morgan fingerprint density at radius 3 is 3.06 bits per heavy atom. The van der Waals surface area contributed by atoms with Gasteiger partial charge < -0.3 is 15.5 Å². The molecule has 2 rings (SSSR count). The van der Waals surface area contributed by atoms with Crippen LogP contribution >= 0.6 is 15.9 Å². The van der Waals surface area contributed by atoms with Crippen LogP contribution in [0.3, 0.4) is 0 Å². The van der Waals surface area contributed by atoms with E-state index in [0.29, 0.717) is 6.04 Å². The summed E-state index contributed by atoms with van der Waals surface area (Å²) in [7, 11) is 2.22. The van der Waals surface area contributed by atoms with E-state index >= 15 is 0 Å². The van der Waals surface area contributed by atoms with Gasteiger partial charge in [-0.3, -0.25) is 0 Å². The van der Waals surface area contributed by atoms with E-state index in [0.717, 1.165) is 26.2 Å². The number of benzene rings is 1. The zero-order valence-electron chi connectivity index (χ0n) is 11.2. The highest BCUT2D eigenvalue weighted by molar-refractivity contribution is 9.10. The molecule has 0 aliphatic carbocycles. The average Bonchev–Trinajstić information content (AvgIpc) is 2.36. The van der Waals surface area contributed by atoms with Gasteiger partial charge in [0.25, 0.3) is 0 Å². The van der Waals surface area contributed by atoms with Gasteiger partial charge in [-0.05, 0) is 38.1 Å². The second-order valence-corrected chi connectivity index (χ2v) is 5.87. The van der Waals surface area contributed by atoms with Crippen LogP contribution in [-0.2, 0) is 0 Å². The first-order valence-electron chi connectivity index (χ1n) is 6.58. The van der Waals surface area contributed by atoms with Crippen molar-refractivity contribution in [2.45, 2.75) is 19.4 Å². The monoisotopic (exact) mass is 311 g/mol. The van der Waals surface area contributed by atoms with E-state index in [2.05, 4.69) is 63.6 Å². The zero-order valence-corrected chi connectivity index (χ0v) is 12.8. The van der Waals surface area contributed by atoms with Crippen molar-refractivity contribution in [2.24, 2.45) is 0 Å². The molecule has 0 amide bonds. The summed E-state index contributed by atoms with van der Waals surface area (Å²) in [4.78, 5) is 2.45. The summed E-state index contributed by atoms with van der Waals surface area (Å²) in [5.41, 5.74) is 2.47. The Morgan fingerprint density at radius 1 is 1.50 bits per heavy atom. The van der Waals surface area contributed by atoms with Crippen LogP contribution in [0, 0.1) is 6.92 Å². The van der Waals surface area contributed by atoms with Gasteiger partial charge in [0.1, 0.15) is 0 Å². The standard InChI is InChI=1S/C14H22BrN3/c1-11-3-4-12(9-14(11)15)17-6-5-13-10-16-7-8-18(13)2/h3-4,9,13,16-17H,5-8,10H2,1-2H3. The van der Waals surface area contributed by atoms with Crippen molar-refractivity contribution >= 4 is 21.6 Å². The van der Waals surface area contributed by atoms with Crippen LogP contribution in [0.5, 0.6) is 0 Å². The molecule has 0 aromatic heterocycles. The molecule has 1 aromatic rings. The van der Waals surface area contributed by atoms with Gasteiger partial charge in [0.05, 0.1) is 0 Å². The minimum Gasteiger partial charge on any atom is -0.385 e. The molecular weight excluding hydrogens is 290 g/mol. The summed E-state index contributed by atoms with van der Waals surface area (Å²) in [5.74, 6) is 0. The molecule has 1 saturated heterocycles. The second kappa shape index (κ2) is 6.55. The summed E-state index contributed by atoms with van der Waals surface area (Å²) in [6, 6.07) is 7.09. The third-order valence-corrected chi connectivity index (χ3v) is 4.48. The van der Waals surface area contributed by atoms with Gasteiger partial charge in [-0.2, -0.15) is 0 Å². The van der Waals surface area contributed by atoms with Crippen molar-refractivity contribution < 1.29 is 0 Å². The number of likely N-dealkylation sites (N-methyl/N-ethyl adjacent to an activating group) is 1. The van der Waals surface area contributed by atoms with Crippen LogP contribution in [0.15, 0.2) is 22.7 Å². The number of halogens is 1. The normalized spacial score (nSPS) is 20.9. The largest absolute Gasteiger partial charge is 0.385 e. The molecule has 0 spiro atoms. The molecule has 1 aliphatic rings. The molecule has 1 aliphatic heterocycles. The first-order valence-corrected chi connectivity index (χ1v) is 7.37. The first kappa shape index (κ1) is 13.8. The fourth-order valence-electron chi connectivity index (χ4n) is 2.27. The van der Waals surface area contributed by atoms with E-state index in [1.807, 2.05) is 0 Å². The highest BCUT2D eigenvalue weighted by Gasteiger charge is 2.17. The van der Waals surface area contributed by atoms with Crippen LogP contribution in [0.2, 0.25) is 0 Å². The number of piperazine rings is 1. The predicted molar refractivity (Wildman–Crippen MR) is 81.3 cm³/mol. The molecule has 18 heavy (non-hydrogen) atoms. The SMILES string of the molecule is Cc1ccc(NCCC2CNCCN2C)cc1Br. The number of nitrogens with one attached hydrogen (secondary N) is 2. The fraction of sp³-hybridized carbons (Fsp3) is 0.571. The Bertz CT molecular complexity index is 395. The topological polar surface area (TPSA) is 27.3 Å². The summed E-state index contributed by atoms with van der Waals surface area (Å²) in [6.07, 6.45) is 1.18. The van der Waals surface area contributed by atoms with Crippen LogP contribution in [0.25, 0.3) is 0 Å². The van der Waals surface area contributed by atoms with Crippen molar-refractivity contribution in [2.75, 3.05) is 38.5 Å². The second-order valence-electron chi connectivity index (χ2n) is 5.02. The number of nitrogens with zero attached hydrogens (tertiary/aromatic N) is 1. The smallest absolute Gasteiger partial charge is 0.0351 e. The molecule has 0 saturated carbocycles. The molecule has 2 N–H and O–H groups in total. The summed E-state index contributed by atoms with van der Waals surface area (Å²) >= 11 is 3.57. The van der Waals surface area contributed by atoms with Crippen molar-refractivity contribution in [3.63, 3.8) is 0 Å². The molecule has 100 valence electrons. The molecule has 1 atom stereocenters. The summed E-state index contributed by atoms with van der Waals surface area (Å²) in [5, 5.41) is 6.95. The number of hydrogen-bond acceptors (Lipinski definition) is 3. The molecule has 1 heterocycles. The van der Waals surface area contributed by atoms with Gasteiger partial charge in [-0.1, -0.05) is 22.0 Å². The van der Waals surface area contributed by atoms with Gasteiger partial charge in [0, 0.05) is 42.4 Å². The Labute approximate surface area is 118 Å². The number of hydrogen-bond donors (Lipinski definition) is 2. The van der Waals surface area contributed by atoms with Gasteiger partial charge in [0.15, 0.2) is 0 Å². The van der Waals surface area contributed by atoms with Gasteiger partial charge in [-0.25, -0.2) is 0 Å². The molecule has 1 aromatic carbocycles. The Hall–Kier alpha value is -0.580. The lowest BCUT2D eigenvalue weighted by molar-refractivity contribution is 0.194. The Balaban J connectivity index is 1.79. The first-order chi connectivity index (χ1) is 8.66. The molecule has 3 nitrogen and oxygen atoms in total. The van der Waals surface area contributed by atoms with E-state index in [1.54, 1.807) is 0 Å². The van der Waals surface area contributed by atoms with Gasteiger partial charge >= 0.3 is 0 Å². The Kier molecular flexibility index (Phi) is 5.03. The maximum Gasteiger partial charge on any atom is 0.0351 e. The van der Waals surface area contributed by atoms with Crippen molar-refractivity contribution in [1.29, 1.82) is 0 Å². The number of anilines is 1. The number of rotatable bonds is 4. The minimum atomic E-state index is 0.653. The lowest BCUT2D eigenvalue weighted by Gasteiger charge is -2.33. The van der Waals surface area contributed by atoms with Crippen molar-refractivity contribution in [3.8, 4) is 0 Å². The summed E-state index contributed by atoms with van der Waals surface area (Å²) < 4.78 is 1.17. The fourth-order valence-corrected chi connectivity index (χ4v) is 2.65. The quantitative estimate of drug-likeness (QED) is 0.894. The maximum absolute atomic E-state index is 3.57. The van der Waals surface area contributed by atoms with Gasteiger partial charge in [-0.15, -0.1) is 0 Å². The van der Waals surface area contributed by atoms with Crippen LogP contribution in [0.4, 0.5) is 5.69 Å². The van der Waals surface area contributed by atoms with E-state index in [4.69, 9.17) is 0 Å².